The van der Waals surface area contributed by atoms with Crippen molar-refractivity contribution >= 4 is 17.4 Å². The van der Waals surface area contributed by atoms with Crippen molar-refractivity contribution < 1.29 is 9.18 Å². The molecular formula is C19H24FN5O. The summed E-state index contributed by atoms with van der Waals surface area (Å²) in [6, 6.07) is 10.3. The van der Waals surface area contributed by atoms with E-state index in [-0.39, 0.29) is 17.3 Å². The average molecular weight is 357 g/mol. The fourth-order valence-corrected chi connectivity index (χ4v) is 2.90. The lowest BCUT2D eigenvalue weighted by Gasteiger charge is -2.36. The van der Waals surface area contributed by atoms with Gasteiger partial charge >= 0.3 is 0 Å². The number of halogens is 1. The first-order valence-electron chi connectivity index (χ1n) is 8.74. The van der Waals surface area contributed by atoms with Crippen LogP contribution in [0.2, 0.25) is 0 Å². The van der Waals surface area contributed by atoms with Crippen molar-refractivity contribution in [1.29, 1.82) is 0 Å². The van der Waals surface area contributed by atoms with E-state index in [2.05, 4.69) is 20.4 Å². The summed E-state index contributed by atoms with van der Waals surface area (Å²) < 4.78 is 13.9. The molecule has 1 fully saturated rings. The Morgan fingerprint density at radius 1 is 1.00 bits per heavy atom. The zero-order valence-electron chi connectivity index (χ0n) is 15.4. The highest BCUT2D eigenvalue weighted by molar-refractivity contribution is 5.92. The molecule has 0 radical (unpaired) electrons. The van der Waals surface area contributed by atoms with Crippen LogP contribution in [-0.4, -0.2) is 47.8 Å². The molecule has 2 heterocycles. The van der Waals surface area contributed by atoms with Gasteiger partial charge in [0.15, 0.2) is 11.5 Å². The van der Waals surface area contributed by atoms with Crippen molar-refractivity contribution in [2.24, 2.45) is 0 Å². The van der Waals surface area contributed by atoms with Gasteiger partial charge in [-0.2, -0.15) is 0 Å². The van der Waals surface area contributed by atoms with E-state index < -0.39 is 0 Å². The molecule has 26 heavy (non-hydrogen) atoms. The summed E-state index contributed by atoms with van der Waals surface area (Å²) >= 11 is 0. The topological polar surface area (TPSA) is 61.4 Å². The van der Waals surface area contributed by atoms with Crippen LogP contribution < -0.4 is 15.1 Å². The predicted octanol–water partition coefficient (Wildman–Crippen LogP) is 2.47. The second kappa shape index (κ2) is 7.27. The first kappa shape index (κ1) is 18.1. The molecular weight excluding hydrogens is 333 g/mol. The van der Waals surface area contributed by atoms with Crippen molar-refractivity contribution in [2.75, 3.05) is 36.0 Å². The van der Waals surface area contributed by atoms with E-state index >= 15 is 0 Å². The number of hydrogen-bond acceptors (Lipinski definition) is 5. The number of carbonyl (C=O) groups is 1. The van der Waals surface area contributed by atoms with E-state index in [9.17, 15) is 9.18 Å². The number of nitrogens with one attached hydrogen (secondary N) is 1. The molecule has 138 valence electrons. The van der Waals surface area contributed by atoms with Gasteiger partial charge in [0.1, 0.15) is 5.82 Å². The molecule has 3 rings (SSSR count). The van der Waals surface area contributed by atoms with Crippen LogP contribution in [-0.2, 0) is 0 Å². The highest BCUT2D eigenvalue weighted by atomic mass is 19.1. The SMILES string of the molecule is CC(C)(C)NC(=O)c1ccc(N2CCN(c3ccccc3F)CC2)nn1. The summed E-state index contributed by atoms with van der Waals surface area (Å²) in [6.07, 6.45) is 0. The molecule has 1 aromatic heterocycles. The second-order valence-corrected chi connectivity index (χ2v) is 7.41. The maximum atomic E-state index is 13.9. The first-order chi connectivity index (χ1) is 12.3. The Morgan fingerprint density at radius 3 is 2.23 bits per heavy atom. The fraction of sp³-hybridized carbons (Fsp3) is 0.421. The lowest BCUT2D eigenvalue weighted by Crippen LogP contribution is -2.47. The van der Waals surface area contributed by atoms with Crippen molar-refractivity contribution in [2.45, 2.75) is 26.3 Å². The van der Waals surface area contributed by atoms with Crippen LogP contribution in [0, 0.1) is 5.82 Å². The molecule has 1 amide bonds. The monoisotopic (exact) mass is 357 g/mol. The number of rotatable bonds is 3. The standard InChI is InChI=1S/C19H24FN5O/c1-19(2,3)21-18(26)15-8-9-17(23-22-15)25-12-10-24(11-13-25)16-7-5-4-6-14(16)20/h4-9H,10-13H2,1-3H3,(H,21,26). The third-order valence-electron chi connectivity index (χ3n) is 4.17. The Labute approximate surface area is 153 Å². The Bertz CT molecular complexity index is 764. The van der Waals surface area contributed by atoms with E-state index in [4.69, 9.17) is 0 Å². The van der Waals surface area contributed by atoms with Gasteiger partial charge in [0, 0.05) is 31.7 Å². The first-order valence-corrected chi connectivity index (χ1v) is 8.74. The number of benzene rings is 1. The number of amides is 1. The molecule has 6 nitrogen and oxygen atoms in total. The van der Waals surface area contributed by atoms with Crippen molar-refractivity contribution in [3.63, 3.8) is 0 Å². The van der Waals surface area contributed by atoms with Gasteiger partial charge in [0.2, 0.25) is 0 Å². The van der Waals surface area contributed by atoms with Crippen LogP contribution in [0.15, 0.2) is 36.4 Å². The van der Waals surface area contributed by atoms with Gasteiger partial charge in [-0.1, -0.05) is 12.1 Å². The van der Waals surface area contributed by atoms with E-state index in [1.165, 1.54) is 6.07 Å². The number of carbonyl (C=O) groups excluding carboxylic acids is 1. The number of para-hydroxylation sites is 1. The maximum absolute atomic E-state index is 13.9. The predicted molar refractivity (Wildman–Crippen MR) is 100 cm³/mol. The number of piperazine rings is 1. The van der Waals surface area contributed by atoms with Gasteiger partial charge in [0.25, 0.3) is 5.91 Å². The van der Waals surface area contributed by atoms with Crippen molar-refractivity contribution in [3.05, 3.63) is 47.9 Å². The van der Waals surface area contributed by atoms with Gasteiger partial charge in [0.05, 0.1) is 5.69 Å². The molecule has 7 heteroatoms. The summed E-state index contributed by atoms with van der Waals surface area (Å²) in [6.45, 7) is 8.60. The van der Waals surface area contributed by atoms with Gasteiger partial charge in [-0.15, -0.1) is 10.2 Å². The number of hydrogen-bond donors (Lipinski definition) is 1. The van der Waals surface area contributed by atoms with Gasteiger partial charge in [-0.05, 0) is 45.0 Å². The van der Waals surface area contributed by atoms with Crippen LogP contribution in [0.5, 0.6) is 0 Å². The number of nitrogens with zero attached hydrogens (tertiary/aromatic N) is 4. The highest BCUT2D eigenvalue weighted by Crippen LogP contribution is 2.21. The number of aromatic nitrogens is 2. The largest absolute Gasteiger partial charge is 0.366 e. The minimum absolute atomic E-state index is 0.199. The van der Waals surface area contributed by atoms with E-state index in [1.54, 1.807) is 18.2 Å². The molecule has 0 saturated carbocycles. The van der Waals surface area contributed by atoms with Crippen LogP contribution in [0.1, 0.15) is 31.3 Å². The Hall–Kier alpha value is -2.70. The van der Waals surface area contributed by atoms with Crippen LogP contribution in [0.3, 0.4) is 0 Å². The normalized spacial score (nSPS) is 15.1. The average Bonchev–Trinajstić information content (AvgIpc) is 2.61. The molecule has 0 atom stereocenters. The molecule has 2 aromatic rings. The molecule has 1 N–H and O–H groups in total. The van der Waals surface area contributed by atoms with Gasteiger partial charge < -0.3 is 15.1 Å². The quantitative estimate of drug-likeness (QED) is 0.914. The number of anilines is 2. The summed E-state index contributed by atoms with van der Waals surface area (Å²) in [5.74, 6) is 0.293. The molecule has 1 aliphatic heterocycles. The molecule has 1 aliphatic rings. The lowest BCUT2D eigenvalue weighted by molar-refractivity contribution is 0.0913. The molecule has 0 spiro atoms. The third-order valence-corrected chi connectivity index (χ3v) is 4.17. The molecule has 0 bridgehead atoms. The van der Waals surface area contributed by atoms with E-state index in [1.807, 2.05) is 37.8 Å². The second-order valence-electron chi connectivity index (χ2n) is 7.41. The van der Waals surface area contributed by atoms with Crippen LogP contribution in [0.25, 0.3) is 0 Å². The van der Waals surface area contributed by atoms with Crippen molar-refractivity contribution in [1.82, 2.24) is 15.5 Å². The summed E-state index contributed by atoms with van der Waals surface area (Å²) in [4.78, 5) is 16.2. The van der Waals surface area contributed by atoms with Gasteiger partial charge in [-0.3, -0.25) is 4.79 Å². The maximum Gasteiger partial charge on any atom is 0.272 e. The zero-order chi connectivity index (χ0) is 18.7. The Balaban J connectivity index is 1.61. The summed E-state index contributed by atoms with van der Waals surface area (Å²) in [7, 11) is 0. The Kier molecular flexibility index (Phi) is 5.06. The summed E-state index contributed by atoms with van der Waals surface area (Å²) in [5, 5.41) is 11.1. The molecule has 1 aromatic carbocycles. The summed E-state index contributed by atoms with van der Waals surface area (Å²) in [5.41, 5.74) is 0.613. The minimum atomic E-state index is -0.319. The minimum Gasteiger partial charge on any atom is -0.366 e. The Morgan fingerprint density at radius 2 is 1.65 bits per heavy atom. The highest BCUT2D eigenvalue weighted by Gasteiger charge is 2.21. The van der Waals surface area contributed by atoms with Gasteiger partial charge in [-0.25, -0.2) is 4.39 Å². The third kappa shape index (κ3) is 4.28. The zero-order valence-corrected chi connectivity index (χ0v) is 15.4. The smallest absolute Gasteiger partial charge is 0.272 e. The molecule has 0 unspecified atom stereocenters. The lowest BCUT2D eigenvalue weighted by atomic mass is 10.1. The van der Waals surface area contributed by atoms with Crippen LogP contribution >= 0.6 is 0 Å². The fourth-order valence-electron chi connectivity index (χ4n) is 2.90. The van der Waals surface area contributed by atoms with E-state index in [0.717, 1.165) is 18.9 Å². The molecule has 1 saturated heterocycles. The molecule has 0 aliphatic carbocycles. The van der Waals surface area contributed by atoms with Crippen molar-refractivity contribution in [3.8, 4) is 0 Å². The van der Waals surface area contributed by atoms with Crippen LogP contribution in [0.4, 0.5) is 15.9 Å². The van der Waals surface area contributed by atoms with E-state index in [0.29, 0.717) is 24.5 Å².